The summed E-state index contributed by atoms with van der Waals surface area (Å²) in [6.07, 6.45) is 7.14. The highest BCUT2D eigenvalue weighted by Gasteiger charge is 2.16. The molecule has 0 fully saturated rings. The van der Waals surface area contributed by atoms with Crippen LogP contribution in [0.4, 0.5) is 0 Å². The van der Waals surface area contributed by atoms with Gasteiger partial charge in [-0.1, -0.05) is 19.8 Å². The van der Waals surface area contributed by atoms with Crippen LogP contribution in [-0.4, -0.2) is 42.4 Å². The Hall–Kier alpha value is -0.220. The minimum absolute atomic E-state index is 0.273. The topological polar surface area (TPSA) is 46.3 Å². The molecule has 2 atom stereocenters. The molecule has 0 spiro atoms. The lowest BCUT2D eigenvalue weighted by Crippen LogP contribution is -2.36. The highest BCUT2D eigenvalue weighted by molar-refractivity contribution is 7.98. The minimum Gasteiger partial charge on any atom is -0.342 e. The molecule has 18 heavy (non-hydrogen) atoms. The van der Waals surface area contributed by atoms with Gasteiger partial charge in [0.05, 0.1) is 0 Å². The van der Waals surface area contributed by atoms with Crippen LogP contribution in [0.3, 0.4) is 0 Å². The zero-order valence-electron chi connectivity index (χ0n) is 12.4. The highest BCUT2D eigenvalue weighted by atomic mass is 32.2. The SMILES string of the molecule is CCCC(CCN)CCC(=O)N(C)C(C)CSC. The molecule has 3 nitrogen and oxygen atoms in total. The Labute approximate surface area is 117 Å². The molecule has 0 aliphatic rings. The van der Waals surface area contributed by atoms with Crippen LogP contribution >= 0.6 is 11.8 Å². The summed E-state index contributed by atoms with van der Waals surface area (Å²) in [7, 11) is 1.92. The van der Waals surface area contributed by atoms with E-state index in [9.17, 15) is 4.79 Å². The van der Waals surface area contributed by atoms with E-state index in [-0.39, 0.29) is 5.91 Å². The molecule has 0 rings (SSSR count). The van der Waals surface area contributed by atoms with Gasteiger partial charge in [-0.3, -0.25) is 4.79 Å². The first-order valence-corrected chi connectivity index (χ1v) is 8.40. The Morgan fingerprint density at radius 1 is 1.33 bits per heavy atom. The molecule has 1 amide bonds. The maximum atomic E-state index is 12.1. The van der Waals surface area contributed by atoms with Crippen LogP contribution in [0.15, 0.2) is 0 Å². The van der Waals surface area contributed by atoms with Gasteiger partial charge in [0, 0.05) is 25.3 Å². The number of nitrogens with zero attached hydrogens (tertiary/aromatic N) is 1. The Bertz CT molecular complexity index is 218. The molecule has 0 aliphatic heterocycles. The smallest absolute Gasteiger partial charge is 0.222 e. The van der Waals surface area contributed by atoms with Crippen LogP contribution in [-0.2, 0) is 4.79 Å². The molecule has 2 unspecified atom stereocenters. The quantitative estimate of drug-likeness (QED) is 0.666. The van der Waals surface area contributed by atoms with Crippen molar-refractivity contribution < 1.29 is 4.79 Å². The van der Waals surface area contributed by atoms with Crippen molar-refractivity contribution in [3.05, 3.63) is 0 Å². The lowest BCUT2D eigenvalue weighted by atomic mass is 9.94. The number of thioether (sulfide) groups is 1. The summed E-state index contributed by atoms with van der Waals surface area (Å²) >= 11 is 1.79. The van der Waals surface area contributed by atoms with Crippen molar-refractivity contribution in [2.24, 2.45) is 11.7 Å². The van der Waals surface area contributed by atoms with Crippen molar-refractivity contribution in [3.63, 3.8) is 0 Å². The monoisotopic (exact) mass is 274 g/mol. The Balaban J connectivity index is 4.05. The molecule has 0 heterocycles. The number of hydrogen-bond acceptors (Lipinski definition) is 3. The number of carbonyl (C=O) groups is 1. The van der Waals surface area contributed by atoms with Gasteiger partial charge >= 0.3 is 0 Å². The third-order valence-electron chi connectivity index (χ3n) is 3.50. The van der Waals surface area contributed by atoms with Crippen molar-refractivity contribution in [2.45, 2.75) is 52.0 Å². The zero-order chi connectivity index (χ0) is 14.0. The fourth-order valence-electron chi connectivity index (χ4n) is 2.18. The van der Waals surface area contributed by atoms with Gasteiger partial charge in [-0.15, -0.1) is 0 Å². The van der Waals surface area contributed by atoms with E-state index < -0.39 is 0 Å². The summed E-state index contributed by atoms with van der Waals surface area (Å²) in [6.45, 7) is 5.04. The first-order valence-electron chi connectivity index (χ1n) is 7.01. The second kappa shape index (κ2) is 10.7. The number of nitrogens with two attached hydrogens (primary N) is 1. The number of carbonyl (C=O) groups excluding carboxylic acids is 1. The third-order valence-corrected chi connectivity index (χ3v) is 4.32. The first-order chi connectivity index (χ1) is 8.56. The van der Waals surface area contributed by atoms with Gasteiger partial charge in [-0.2, -0.15) is 11.8 Å². The van der Waals surface area contributed by atoms with Crippen LogP contribution in [0.2, 0.25) is 0 Å². The second-order valence-corrected chi connectivity index (χ2v) is 5.99. The van der Waals surface area contributed by atoms with E-state index in [1.165, 1.54) is 12.8 Å². The lowest BCUT2D eigenvalue weighted by Gasteiger charge is -2.25. The van der Waals surface area contributed by atoms with Gasteiger partial charge in [-0.05, 0) is 38.5 Å². The molecule has 0 saturated carbocycles. The molecular formula is C14H30N2OS. The van der Waals surface area contributed by atoms with E-state index in [1.54, 1.807) is 11.8 Å². The van der Waals surface area contributed by atoms with Crippen molar-refractivity contribution in [2.75, 3.05) is 25.6 Å². The number of hydrogen-bond donors (Lipinski definition) is 1. The van der Waals surface area contributed by atoms with Crippen LogP contribution in [0.1, 0.15) is 46.0 Å². The Kier molecular flexibility index (Phi) is 10.5. The molecule has 0 bridgehead atoms. The molecule has 0 aromatic carbocycles. The maximum Gasteiger partial charge on any atom is 0.222 e. The van der Waals surface area contributed by atoms with Crippen LogP contribution < -0.4 is 5.73 Å². The van der Waals surface area contributed by atoms with Crippen molar-refractivity contribution >= 4 is 17.7 Å². The summed E-state index contributed by atoms with van der Waals surface area (Å²) in [5.41, 5.74) is 5.62. The van der Waals surface area contributed by atoms with Crippen molar-refractivity contribution in [1.82, 2.24) is 4.90 Å². The normalized spacial score (nSPS) is 14.3. The number of rotatable bonds is 10. The summed E-state index contributed by atoms with van der Waals surface area (Å²) < 4.78 is 0. The molecule has 0 saturated heterocycles. The predicted octanol–water partition coefficient (Wildman–Crippen LogP) is 2.74. The maximum absolute atomic E-state index is 12.1. The van der Waals surface area contributed by atoms with E-state index in [4.69, 9.17) is 5.73 Å². The molecule has 0 aromatic heterocycles. The first kappa shape index (κ1) is 17.8. The van der Waals surface area contributed by atoms with E-state index in [0.29, 0.717) is 18.4 Å². The summed E-state index contributed by atoms with van der Waals surface area (Å²) in [5.74, 6) is 1.89. The van der Waals surface area contributed by atoms with Gasteiger partial charge < -0.3 is 10.6 Å². The fraction of sp³-hybridized carbons (Fsp3) is 0.929. The largest absolute Gasteiger partial charge is 0.342 e. The second-order valence-electron chi connectivity index (χ2n) is 5.08. The van der Waals surface area contributed by atoms with E-state index in [0.717, 1.165) is 25.1 Å². The van der Waals surface area contributed by atoms with Crippen LogP contribution in [0.5, 0.6) is 0 Å². The Morgan fingerprint density at radius 3 is 2.50 bits per heavy atom. The van der Waals surface area contributed by atoms with E-state index in [2.05, 4.69) is 20.1 Å². The summed E-state index contributed by atoms with van der Waals surface area (Å²) in [6, 6.07) is 0.326. The van der Waals surface area contributed by atoms with Gasteiger partial charge in [0.25, 0.3) is 0 Å². The summed E-state index contributed by atoms with van der Waals surface area (Å²) in [4.78, 5) is 13.9. The Morgan fingerprint density at radius 2 is 2.00 bits per heavy atom. The highest BCUT2D eigenvalue weighted by Crippen LogP contribution is 2.18. The van der Waals surface area contributed by atoms with E-state index >= 15 is 0 Å². The van der Waals surface area contributed by atoms with Crippen molar-refractivity contribution in [3.8, 4) is 0 Å². The zero-order valence-corrected chi connectivity index (χ0v) is 13.3. The molecule has 0 aliphatic carbocycles. The molecular weight excluding hydrogens is 244 g/mol. The fourth-order valence-corrected chi connectivity index (χ4v) is 2.89. The average Bonchev–Trinajstić information content (AvgIpc) is 2.35. The molecule has 0 aromatic rings. The average molecular weight is 274 g/mol. The van der Waals surface area contributed by atoms with Gasteiger partial charge in [0.2, 0.25) is 5.91 Å². The third kappa shape index (κ3) is 7.27. The lowest BCUT2D eigenvalue weighted by molar-refractivity contribution is -0.131. The molecule has 0 radical (unpaired) electrons. The minimum atomic E-state index is 0.273. The van der Waals surface area contributed by atoms with Crippen LogP contribution in [0, 0.1) is 5.92 Å². The molecule has 2 N–H and O–H groups in total. The van der Waals surface area contributed by atoms with Crippen LogP contribution in [0.25, 0.3) is 0 Å². The standard InChI is InChI=1S/C14H30N2OS/c1-5-6-13(9-10-15)7-8-14(17)16(3)12(2)11-18-4/h12-13H,5-11,15H2,1-4H3. The van der Waals surface area contributed by atoms with Gasteiger partial charge in [-0.25, -0.2) is 0 Å². The van der Waals surface area contributed by atoms with Crippen molar-refractivity contribution in [1.29, 1.82) is 0 Å². The molecule has 108 valence electrons. The van der Waals surface area contributed by atoms with Gasteiger partial charge in [0.1, 0.15) is 0 Å². The van der Waals surface area contributed by atoms with Gasteiger partial charge in [0.15, 0.2) is 0 Å². The summed E-state index contributed by atoms with van der Waals surface area (Å²) in [5, 5.41) is 0. The van der Waals surface area contributed by atoms with E-state index in [1.807, 2.05) is 11.9 Å². The predicted molar refractivity (Wildman–Crippen MR) is 81.9 cm³/mol. The number of amides is 1. The molecule has 4 heteroatoms.